The number of aromatic nitrogens is 2. The monoisotopic (exact) mass is 783 g/mol. The number of fused-ring (bicyclic) bond motifs is 2. The summed E-state index contributed by atoms with van der Waals surface area (Å²) in [7, 11) is 0. The summed E-state index contributed by atoms with van der Waals surface area (Å²) >= 11 is 14.1. The number of rotatable bonds is 6. The average Bonchev–Trinajstić information content (AvgIpc) is 3.36. The van der Waals surface area contributed by atoms with E-state index in [2.05, 4.69) is 68.8 Å². The Morgan fingerprint density at radius 3 is 2.50 bits per heavy atom. The second kappa shape index (κ2) is 11.4. The fourth-order valence-corrected chi connectivity index (χ4v) is 6.20. The number of furan rings is 1. The van der Waals surface area contributed by atoms with Crippen LogP contribution in [0.2, 0.25) is 0 Å². The van der Waals surface area contributed by atoms with Crippen LogP contribution >= 0.6 is 63.7 Å². The second-order valence-electron chi connectivity index (χ2n) is 8.82. The second-order valence-corrected chi connectivity index (χ2v) is 12.4. The van der Waals surface area contributed by atoms with Gasteiger partial charge in [0.2, 0.25) is 5.82 Å². The van der Waals surface area contributed by atoms with Crippen molar-refractivity contribution in [1.29, 1.82) is 0 Å². The molecule has 4 aromatic carbocycles. The van der Waals surface area contributed by atoms with Gasteiger partial charge in [0.1, 0.15) is 17.9 Å². The molecule has 0 aliphatic rings. The minimum atomic E-state index is -0.294. The summed E-state index contributed by atoms with van der Waals surface area (Å²) in [5.74, 6) is 1.44. The Morgan fingerprint density at radius 1 is 0.875 bits per heavy atom. The molecule has 0 saturated heterocycles. The van der Waals surface area contributed by atoms with Crippen LogP contribution in [-0.2, 0) is 6.61 Å². The van der Waals surface area contributed by atoms with E-state index in [1.165, 1.54) is 4.68 Å². The molecule has 10 heteroatoms. The van der Waals surface area contributed by atoms with Crippen LogP contribution in [0.4, 0.5) is 0 Å². The number of para-hydroxylation sites is 1. The van der Waals surface area contributed by atoms with E-state index in [-0.39, 0.29) is 5.56 Å². The van der Waals surface area contributed by atoms with Gasteiger partial charge in [0.15, 0.2) is 5.76 Å². The van der Waals surface area contributed by atoms with Crippen LogP contribution < -0.4 is 10.3 Å². The molecule has 40 heavy (non-hydrogen) atoms. The van der Waals surface area contributed by atoms with Crippen molar-refractivity contribution in [3.05, 3.63) is 124 Å². The van der Waals surface area contributed by atoms with E-state index < -0.39 is 0 Å². The summed E-state index contributed by atoms with van der Waals surface area (Å²) in [6, 6.07) is 26.3. The van der Waals surface area contributed by atoms with Crippen LogP contribution in [0.15, 0.2) is 117 Å². The number of nitrogens with zero attached hydrogens (tertiary/aromatic N) is 3. The Kier molecular flexibility index (Phi) is 7.76. The van der Waals surface area contributed by atoms with Crippen molar-refractivity contribution in [1.82, 2.24) is 9.66 Å². The molecule has 0 aliphatic carbocycles. The summed E-state index contributed by atoms with van der Waals surface area (Å²) in [6.07, 6.45) is 1.61. The summed E-state index contributed by atoms with van der Waals surface area (Å²) in [4.78, 5) is 18.3. The molecule has 0 bridgehead atoms. The van der Waals surface area contributed by atoms with Gasteiger partial charge in [-0.25, -0.2) is 4.98 Å². The summed E-state index contributed by atoms with van der Waals surface area (Å²) in [5.41, 5.74) is 2.75. The molecule has 6 aromatic rings. The Labute approximate surface area is 262 Å². The maximum atomic E-state index is 13.5. The maximum Gasteiger partial charge on any atom is 0.282 e. The highest BCUT2D eigenvalue weighted by molar-refractivity contribution is 9.11. The lowest BCUT2D eigenvalue weighted by Gasteiger charge is -2.10. The zero-order chi connectivity index (χ0) is 27.8. The molecule has 6 rings (SSSR count). The van der Waals surface area contributed by atoms with Crippen molar-refractivity contribution in [3.8, 4) is 17.3 Å². The fourth-order valence-electron chi connectivity index (χ4n) is 4.15. The van der Waals surface area contributed by atoms with Gasteiger partial charge in [0.25, 0.3) is 5.56 Å². The largest absolute Gasteiger partial charge is 0.488 e. The Bertz CT molecular complexity index is 2000. The van der Waals surface area contributed by atoms with Gasteiger partial charge in [-0.1, -0.05) is 66.0 Å². The number of halogens is 4. The van der Waals surface area contributed by atoms with Crippen molar-refractivity contribution < 1.29 is 9.15 Å². The zero-order valence-electron chi connectivity index (χ0n) is 20.4. The predicted molar refractivity (Wildman–Crippen MR) is 172 cm³/mol. The van der Waals surface area contributed by atoms with Gasteiger partial charge in [-0.15, -0.1) is 0 Å². The van der Waals surface area contributed by atoms with E-state index in [9.17, 15) is 4.79 Å². The highest BCUT2D eigenvalue weighted by Crippen LogP contribution is 2.30. The highest BCUT2D eigenvalue weighted by Gasteiger charge is 2.16. The van der Waals surface area contributed by atoms with E-state index in [0.29, 0.717) is 40.4 Å². The van der Waals surface area contributed by atoms with Gasteiger partial charge in [-0.05, 0) is 88.2 Å². The first-order valence-electron chi connectivity index (χ1n) is 12.0. The van der Waals surface area contributed by atoms with Crippen LogP contribution in [0.1, 0.15) is 11.1 Å². The van der Waals surface area contributed by atoms with Crippen LogP contribution in [0, 0.1) is 0 Å². The molecule has 0 spiro atoms. The third kappa shape index (κ3) is 5.58. The van der Waals surface area contributed by atoms with Gasteiger partial charge >= 0.3 is 0 Å². The molecule has 198 valence electrons. The molecule has 2 aromatic heterocycles. The molecule has 6 nitrogen and oxygen atoms in total. The molecular weight excluding hydrogens is 770 g/mol. The van der Waals surface area contributed by atoms with E-state index >= 15 is 0 Å². The number of ether oxygens (including phenoxy) is 1. The topological polar surface area (TPSA) is 69.6 Å². The summed E-state index contributed by atoms with van der Waals surface area (Å²) in [6.45, 7) is 0.398. The lowest BCUT2D eigenvalue weighted by Crippen LogP contribution is -2.20. The fraction of sp³-hybridized carbons (Fsp3) is 0.0333. The van der Waals surface area contributed by atoms with E-state index in [1.807, 2.05) is 66.7 Å². The van der Waals surface area contributed by atoms with Crippen molar-refractivity contribution >= 4 is 91.8 Å². The molecule has 0 atom stereocenters. The number of hydrogen-bond donors (Lipinski definition) is 0. The average molecular weight is 787 g/mol. The van der Waals surface area contributed by atoms with Crippen LogP contribution in [0.3, 0.4) is 0 Å². The first kappa shape index (κ1) is 27.1. The lowest BCUT2D eigenvalue weighted by atomic mass is 10.2. The molecule has 0 radical (unpaired) electrons. The van der Waals surface area contributed by atoms with Crippen molar-refractivity contribution in [2.75, 3.05) is 0 Å². The summed E-state index contributed by atoms with van der Waals surface area (Å²) < 4.78 is 17.0. The first-order chi connectivity index (χ1) is 19.4. The quantitative estimate of drug-likeness (QED) is 0.158. The molecule has 0 N–H and O–H groups in total. The lowest BCUT2D eigenvalue weighted by molar-refractivity contribution is 0.303. The maximum absolute atomic E-state index is 13.5. The SMILES string of the molecule is O=c1c2ccccc2nc(-c2cc3cc(Br)ccc3o2)n1N=Cc1ccc(OCc2ccc(Br)cc2Br)c(Br)c1. The van der Waals surface area contributed by atoms with Crippen molar-refractivity contribution in [3.63, 3.8) is 0 Å². The van der Waals surface area contributed by atoms with Gasteiger partial charge in [0, 0.05) is 24.4 Å². The van der Waals surface area contributed by atoms with E-state index in [0.717, 1.165) is 34.4 Å². The normalized spacial score (nSPS) is 11.6. The zero-order valence-corrected chi connectivity index (χ0v) is 26.8. The highest BCUT2D eigenvalue weighted by atomic mass is 79.9. The Balaban J connectivity index is 1.34. The van der Waals surface area contributed by atoms with Crippen LogP contribution in [0.5, 0.6) is 5.75 Å². The molecule has 0 unspecified atom stereocenters. The van der Waals surface area contributed by atoms with Crippen molar-refractivity contribution in [2.45, 2.75) is 6.61 Å². The van der Waals surface area contributed by atoms with Crippen LogP contribution in [-0.4, -0.2) is 15.9 Å². The molecule has 0 aliphatic heterocycles. The molecule has 0 saturated carbocycles. The molecule has 0 fully saturated rings. The third-order valence-corrected chi connectivity index (χ3v) is 8.47. The molecule has 0 amide bonds. The van der Waals surface area contributed by atoms with Gasteiger partial charge in [-0.2, -0.15) is 9.78 Å². The number of hydrogen-bond acceptors (Lipinski definition) is 5. The van der Waals surface area contributed by atoms with Crippen LogP contribution in [0.25, 0.3) is 33.5 Å². The van der Waals surface area contributed by atoms with Gasteiger partial charge < -0.3 is 9.15 Å². The smallest absolute Gasteiger partial charge is 0.282 e. The Morgan fingerprint density at radius 2 is 1.68 bits per heavy atom. The third-order valence-electron chi connectivity index (χ3n) is 6.13. The minimum Gasteiger partial charge on any atom is -0.488 e. The van der Waals surface area contributed by atoms with E-state index in [4.69, 9.17) is 14.1 Å². The van der Waals surface area contributed by atoms with Crippen molar-refractivity contribution in [2.24, 2.45) is 5.10 Å². The molecular formula is C30H17Br4N3O3. The number of benzene rings is 4. The Hall–Kier alpha value is -3.05. The predicted octanol–water partition coefficient (Wildman–Crippen LogP) is 9.32. The van der Waals surface area contributed by atoms with Gasteiger partial charge in [-0.3, -0.25) is 4.79 Å². The summed E-state index contributed by atoms with van der Waals surface area (Å²) in [5, 5.41) is 5.90. The first-order valence-corrected chi connectivity index (χ1v) is 15.1. The molecule has 2 heterocycles. The van der Waals surface area contributed by atoms with E-state index in [1.54, 1.807) is 24.4 Å². The van der Waals surface area contributed by atoms with Gasteiger partial charge in [0.05, 0.1) is 21.6 Å². The standard InChI is InChI=1S/C30H17Br4N3O3/c31-20-8-10-26-19(12-20)13-28(40-26)29-36-25-4-2-1-3-22(25)30(38)37(29)35-15-17-5-9-27(24(34)11-17)39-16-18-6-7-21(32)14-23(18)33/h1-15H,16H2. The minimum absolute atomic E-state index is 0.294.